The van der Waals surface area contributed by atoms with E-state index in [2.05, 4.69) is 20.1 Å². The second-order valence-electron chi connectivity index (χ2n) is 8.63. The highest BCUT2D eigenvalue weighted by Gasteiger charge is 2.66. The maximum atomic E-state index is 6.07. The van der Waals surface area contributed by atoms with Gasteiger partial charge in [-0.3, -0.25) is 9.89 Å². The Morgan fingerprint density at radius 3 is 2.60 bits per heavy atom. The molecular weight excluding hydrogens is 427 g/mol. The molecule has 5 aliphatic rings. The molecule has 0 aromatic heterocycles. The van der Waals surface area contributed by atoms with Crippen LogP contribution in [0.25, 0.3) is 0 Å². The first kappa shape index (κ1) is 18.3. The van der Waals surface area contributed by atoms with Crippen molar-refractivity contribution in [1.82, 2.24) is 15.1 Å². The summed E-state index contributed by atoms with van der Waals surface area (Å²) in [4.78, 5) is 9.87. The van der Waals surface area contributed by atoms with Gasteiger partial charge >= 0.3 is 0 Å². The number of nitrogens with zero attached hydrogens (tertiary/aromatic N) is 3. The Balaban J connectivity index is 0.00000157. The summed E-state index contributed by atoms with van der Waals surface area (Å²) in [5.41, 5.74) is 0.436. The number of fused-ring (bicyclic) bond motifs is 2. The van der Waals surface area contributed by atoms with Gasteiger partial charge in [-0.1, -0.05) is 6.42 Å². The summed E-state index contributed by atoms with van der Waals surface area (Å²) >= 11 is 0. The molecule has 142 valence electrons. The summed E-state index contributed by atoms with van der Waals surface area (Å²) in [5.74, 6) is 1.87. The molecule has 3 heterocycles. The van der Waals surface area contributed by atoms with Gasteiger partial charge in [-0.15, -0.1) is 24.0 Å². The van der Waals surface area contributed by atoms with Gasteiger partial charge in [-0.25, -0.2) is 0 Å². The molecule has 5 fully saturated rings. The number of aliphatic imine (C=N–C) groups is 1. The lowest BCUT2D eigenvalue weighted by molar-refractivity contribution is -0.171. The molecule has 25 heavy (non-hydrogen) atoms. The molecule has 0 aromatic carbocycles. The average molecular weight is 460 g/mol. The van der Waals surface area contributed by atoms with Crippen molar-refractivity contribution >= 4 is 29.9 Å². The van der Waals surface area contributed by atoms with Crippen LogP contribution in [-0.4, -0.2) is 73.8 Å². The van der Waals surface area contributed by atoms with Crippen molar-refractivity contribution in [2.24, 2.45) is 16.3 Å². The molecule has 2 saturated carbocycles. The lowest BCUT2D eigenvalue weighted by Gasteiger charge is -2.63. The lowest BCUT2D eigenvalue weighted by atomic mass is 9.46. The monoisotopic (exact) mass is 460 g/mol. The van der Waals surface area contributed by atoms with Gasteiger partial charge in [0.1, 0.15) is 0 Å². The van der Waals surface area contributed by atoms with Gasteiger partial charge in [0.2, 0.25) is 0 Å². The first-order valence-corrected chi connectivity index (χ1v) is 10.2. The van der Waals surface area contributed by atoms with Crippen LogP contribution in [0.5, 0.6) is 0 Å². The SMILES string of the molecule is CN=C(NC1C2CCOC2C12CCC2)N1CCC(N2CCCC2)C1.I. The fraction of sp³-hybridized carbons (Fsp3) is 0.947. The second-order valence-corrected chi connectivity index (χ2v) is 8.63. The molecule has 0 bridgehead atoms. The van der Waals surface area contributed by atoms with E-state index in [-0.39, 0.29) is 24.0 Å². The molecule has 2 aliphatic carbocycles. The molecule has 3 saturated heterocycles. The highest BCUT2D eigenvalue weighted by atomic mass is 127. The summed E-state index contributed by atoms with van der Waals surface area (Å²) < 4.78 is 6.07. The maximum absolute atomic E-state index is 6.07. The van der Waals surface area contributed by atoms with Crippen LogP contribution in [0.2, 0.25) is 0 Å². The van der Waals surface area contributed by atoms with Gasteiger partial charge in [0, 0.05) is 50.2 Å². The predicted octanol–water partition coefficient (Wildman–Crippen LogP) is 2.31. The first-order chi connectivity index (χ1) is 11.8. The van der Waals surface area contributed by atoms with Crippen LogP contribution in [-0.2, 0) is 4.74 Å². The highest BCUT2D eigenvalue weighted by Crippen LogP contribution is 2.62. The molecule has 0 amide bonds. The highest BCUT2D eigenvalue weighted by molar-refractivity contribution is 14.0. The van der Waals surface area contributed by atoms with Gasteiger partial charge in [0.15, 0.2) is 5.96 Å². The third kappa shape index (κ3) is 2.81. The van der Waals surface area contributed by atoms with E-state index >= 15 is 0 Å². The Hall–Kier alpha value is -0.0800. The molecule has 1 spiro atoms. The summed E-state index contributed by atoms with van der Waals surface area (Å²) in [7, 11) is 1.96. The molecular formula is C19H33IN4O. The Kier molecular flexibility index (Phi) is 5.23. The largest absolute Gasteiger partial charge is 0.377 e. The molecule has 3 aliphatic heterocycles. The fourth-order valence-corrected chi connectivity index (χ4v) is 6.23. The summed E-state index contributed by atoms with van der Waals surface area (Å²) in [6, 6.07) is 1.34. The van der Waals surface area contributed by atoms with Gasteiger partial charge in [0.05, 0.1) is 6.10 Å². The third-order valence-corrected chi connectivity index (χ3v) is 7.65. The maximum Gasteiger partial charge on any atom is 0.193 e. The van der Waals surface area contributed by atoms with Crippen LogP contribution in [0.15, 0.2) is 4.99 Å². The van der Waals surface area contributed by atoms with Crippen molar-refractivity contribution < 1.29 is 4.74 Å². The summed E-state index contributed by atoms with van der Waals surface area (Å²) in [6.45, 7) is 5.89. The number of hydrogen-bond donors (Lipinski definition) is 1. The van der Waals surface area contributed by atoms with Gasteiger partial charge < -0.3 is 15.0 Å². The third-order valence-electron chi connectivity index (χ3n) is 7.65. The van der Waals surface area contributed by atoms with Gasteiger partial charge in [0.25, 0.3) is 0 Å². The van der Waals surface area contributed by atoms with E-state index in [0.29, 0.717) is 17.6 Å². The molecule has 5 rings (SSSR count). The Labute approximate surface area is 169 Å². The standard InChI is InChI=1S/C19H32N4O.HI/c1-20-18(23-11-5-14(13-23)22-9-2-3-10-22)21-16-15-6-12-24-17(15)19(16)7-4-8-19;/h14-17H,2-13H2,1H3,(H,20,21);1H. The molecule has 5 nitrogen and oxygen atoms in total. The van der Waals surface area contributed by atoms with Gasteiger partial charge in [-0.05, 0) is 51.6 Å². The van der Waals surface area contributed by atoms with Crippen molar-refractivity contribution in [3.63, 3.8) is 0 Å². The molecule has 6 heteroatoms. The van der Waals surface area contributed by atoms with Crippen LogP contribution in [0.4, 0.5) is 0 Å². The number of nitrogens with one attached hydrogen (secondary N) is 1. The number of ether oxygens (including phenoxy) is 1. The van der Waals surface area contributed by atoms with E-state index < -0.39 is 0 Å². The number of likely N-dealkylation sites (tertiary alicyclic amines) is 2. The minimum absolute atomic E-state index is 0. The summed E-state index contributed by atoms with van der Waals surface area (Å²) in [6.07, 6.45) is 9.91. The molecule has 4 atom stereocenters. The van der Waals surface area contributed by atoms with Crippen molar-refractivity contribution in [2.75, 3.05) is 39.8 Å². The number of guanidine groups is 1. The van der Waals surface area contributed by atoms with Crippen molar-refractivity contribution in [1.29, 1.82) is 0 Å². The molecule has 0 radical (unpaired) electrons. The van der Waals surface area contributed by atoms with E-state index in [0.717, 1.165) is 37.6 Å². The Bertz CT molecular complexity index is 518. The van der Waals surface area contributed by atoms with Crippen molar-refractivity contribution in [3.05, 3.63) is 0 Å². The minimum atomic E-state index is 0. The topological polar surface area (TPSA) is 40.1 Å². The minimum Gasteiger partial charge on any atom is -0.377 e. The molecule has 4 unspecified atom stereocenters. The zero-order valence-electron chi connectivity index (χ0n) is 15.5. The Morgan fingerprint density at radius 1 is 1.12 bits per heavy atom. The first-order valence-electron chi connectivity index (χ1n) is 10.2. The number of halogens is 1. The summed E-state index contributed by atoms with van der Waals surface area (Å²) in [5, 5.41) is 3.90. The molecule has 1 N–H and O–H groups in total. The van der Waals surface area contributed by atoms with Crippen LogP contribution >= 0.6 is 24.0 Å². The Morgan fingerprint density at radius 2 is 1.92 bits per heavy atom. The van der Waals surface area contributed by atoms with Crippen LogP contribution < -0.4 is 5.32 Å². The second kappa shape index (κ2) is 7.15. The molecule has 0 aromatic rings. The van der Waals surface area contributed by atoms with E-state index in [4.69, 9.17) is 4.74 Å². The van der Waals surface area contributed by atoms with E-state index in [1.807, 2.05) is 7.05 Å². The van der Waals surface area contributed by atoms with Gasteiger partial charge in [-0.2, -0.15) is 0 Å². The zero-order chi connectivity index (χ0) is 16.1. The number of rotatable bonds is 2. The van der Waals surface area contributed by atoms with Crippen LogP contribution in [0.3, 0.4) is 0 Å². The fourth-order valence-electron chi connectivity index (χ4n) is 6.23. The van der Waals surface area contributed by atoms with Crippen LogP contribution in [0.1, 0.15) is 44.9 Å². The van der Waals surface area contributed by atoms with Crippen molar-refractivity contribution in [2.45, 2.75) is 63.1 Å². The normalized spacial score (nSPS) is 39.7. The number of hydrogen-bond acceptors (Lipinski definition) is 3. The smallest absolute Gasteiger partial charge is 0.193 e. The predicted molar refractivity (Wildman–Crippen MR) is 111 cm³/mol. The van der Waals surface area contributed by atoms with Crippen LogP contribution in [0, 0.1) is 11.3 Å². The zero-order valence-corrected chi connectivity index (χ0v) is 17.8. The van der Waals surface area contributed by atoms with E-state index in [1.165, 1.54) is 58.0 Å². The van der Waals surface area contributed by atoms with E-state index in [1.54, 1.807) is 0 Å². The average Bonchev–Trinajstić information content (AvgIpc) is 3.27. The van der Waals surface area contributed by atoms with Crippen molar-refractivity contribution in [3.8, 4) is 0 Å². The van der Waals surface area contributed by atoms with E-state index in [9.17, 15) is 0 Å². The lowest BCUT2D eigenvalue weighted by Crippen LogP contribution is -2.72. The quantitative estimate of drug-likeness (QED) is 0.390.